The zero-order chi connectivity index (χ0) is 17.7. The van der Waals surface area contributed by atoms with Crippen LogP contribution < -0.4 is 20.9 Å². The molecule has 0 saturated heterocycles. The number of hydrogen-bond donors (Lipinski definition) is 1. The smallest absolute Gasteiger partial charge is 0.329 e. The van der Waals surface area contributed by atoms with Crippen LogP contribution in [0.1, 0.15) is 5.56 Å². The van der Waals surface area contributed by atoms with Crippen molar-refractivity contribution in [3.05, 3.63) is 49.6 Å². The third-order valence-electron chi connectivity index (χ3n) is 4.40. The summed E-state index contributed by atoms with van der Waals surface area (Å²) in [6.07, 6.45) is 0. The van der Waals surface area contributed by atoms with Gasteiger partial charge < -0.3 is 14.2 Å². The largest absolute Gasteiger partial charge is 0.491 e. The minimum Gasteiger partial charge on any atom is -0.491 e. The Morgan fingerprint density at radius 1 is 1.24 bits per heavy atom. The van der Waals surface area contributed by atoms with Gasteiger partial charge in [0.15, 0.2) is 11.2 Å². The van der Waals surface area contributed by atoms with Gasteiger partial charge in [-0.15, -0.1) is 0 Å². The molecule has 4 rings (SSSR count). The van der Waals surface area contributed by atoms with E-state index in [1.807, 2.05) is 17.0 Å². The number of anilines is 1. The first-order valence-electron chi connectivity index (χ1n) is 7.77. The molecule has 1 aromatic carbocycles. The summed E-state index contributed by atoms with van der Waals surface area (Å²) in [4.78, 5) is 32.9. The van der Waals surface area contributed by atoms with Crippen LogP contribution in [0.25, 0.3) is 11.2 Å². The summed E-state index contributed by atoms with van der Waals surface area (Å²) >= 11 is 6.10. The molecule has 0 saturated carbocycles. The summed E-state index contributed by atoms with van der Waals surface area (Å²) in [6, 6.07) is 5.51. The van der Waals surface area contributed by atoms with E-state index in [2.05, 4.69) is 9.97 Å². The number of aromatic amines is 1. The van der Waals surface area contributed by atoms with E-state index in [-0.39, 0.29) is 0 Å². The lowest BCUT2D eigenvalue weighted by Crippen LogP contribution is -2.29. The first kappa shape index (κ1) is 15.8. The summed E-state index contributed by atoms with van der Waals surface area (Å²) in [5.74, 6) is 1.38. The number of ether oxygens (including phenoxy) is 1. The number of imidazole rings is 1. The predicted octanol–water partition coefficient (Wildman–Crippen LogP) is 1.01. The molecule has 1 aliphatic heterocycles. The average Bonchev–Trinajstić information content (AvgIpc) is 2.78. The van der Waals surface area contributed by atoms with Gasteiger partial charge in [-0.05, 0) is 18.2 Å². The molecule has 3 heterocycles. The number of nitrogens with one attached hydrogen (secondary N) is 1. The second-order valence-corrected chi connectivity index (χ2v) is 6.42. The van der Waals surface area contributed by atoms with Crippen LogP contribution >= 0.6 is 11.6 Å². The SMILES string of the molecule is Cn1c(N2CCOc3ccc(Cl)cc3C2)nc2c1c(=O)[nH]c(=O)n2C. The third kappa shape index (κ3) is 2.49. The topological polar surface area (TPSA) is 85.2 Å². The van der Waals surface area contributed by atoms with Gasteiger partial charge in [0.25, 0.3) is 5.56 Å². The fourth-order valence-corrected chi connectivity index (χ4v) is 3.31. The van der Waals surface area contributed by atoms with Crippen LogP contribution in [-0.4, -0.2) is 32.3 Å². The van der Waals surface area contributed by atoms with Crippen LogP contribution in [0.5, 0.6) is 5.75 Å². The second-order valence-electron chi connectivity index (χ2n) is 5.98. The highest BCUT2D eigenvalue weighted by atomic mass is 35.5. The molecule has 0 atom stereocenters. The van der Waals surface area contributed by atoms with Crippen LogP contribution in [-0.2, 0) is 20.6 Å². The van der Waals surface area contributed by atoms with Gasteiger partial charge >= 0.3 is 5.69 Å². The van der Waals surface area contributed by atoms with E-state index in [1.165, 1.54) is 4.57 Å². The Hall–Kier alpha value is -2.74. The number of H-pyrrole nitrogens is 1. The number of rotatable bonds is 1. The molecular weight excluding hydrogens is 346 g/mol. The lowest BCUT2D eigenvalue weighted by Gasteiger charge is -2.20. The zero-order valence-electron chi connectivity index (χ0n) is 13.7. The van der Waals surface area contributed by atoms with Crippen LogP contribution in [0.2, 0.25) is 5.02 Å². The van der Waals surface area contributed by atoms with Crippen molar-refractivity contribution in [3.8, 4) is 5.75 Å². The third-order valence-corrected chi connectivity index (χ3v) is 4.63. The van der Waals surface area contributed by atoms with Gasteiger partial charge in [-0.25, -0.2) is 4.79 Å². The molecule has 0 unspecified atom stereocenters. The summed E-state index contributed by atoms with van der Waals surface area (Å²) in [6.45, 7) is 1.61. The maximum absolute atomic E-state index is 12.2. The van der Waals surface area contributed by atoms with Crippen molar-refractivity contribution in [2.24, 2.45) is 14.1 Å². The average molecular weight is 362 g/mol. The predicted molar refractivity (Wildman–Crippen MR) is 94.6 cm³/mol. The lowest BCUT2D eigenvalue weighted by atomic mass is 10.2. The minimum atomic E-state index is -0.488. The molecule has 2 aromatic heterocycles. The van der Waals surface area contributed by atoms with Crippen molar-refractivity contribution >= 4 is 28.7 Å². The lowest BCUT2D eigenvalue weighted by molar-refractivity contribution is 0.331. The van der Waals surface area contributed by atoms with Crippen molar-refractivity contribution < 1.29 is 4.74 Å². The molecule has 0 spiro atoms. The Bertz CT molecular complexity index is 1100. The highest BCUT2D eigenvalue weighted by Crippen LogP contribution is 2.29. The molecule has 0 bridgehead atoms. The first-order valence-corrected chi connectivity index (χ1v) is 8.15. The van der Waals surface area contributed by atoms with Crippen molar-refractivity contribution in [1.82, 2.24) is 19.1 Å². The van der Waals surface area contributed by atoms with Gasteiger partial charge in [0.1, 0.15) is 12.4 Å². The molecule has 8 nitrogen and oxygen atoms in total. The molecular formula is C16H16ClN5O3. The fraction of sp³-hybridized carbons (Fsp3) is 0.312. The molecule has 3 aromatic rings. The number of nitrogens with zero attached hydrogens (tertiary/aromatic N) is 4. The Balaban J connectivity index is 1.86. The number of fused-ring (bicyclic) bond motifs is 2. The highest BCUT2D eigenvalue weighted by molar-refractivity contribution is 6.30. The van der Waals surface area contributed by atoms with Gasteiger partial charge in [-0.2, -0.15) is 4.98 Å². The van der Waals surface area contributed by atoms with Gasteiger partial charge in [0, 0.05) is 31.2 Å². The molecule has 0 amide bonds. The van der Waals surface area contributed by atoms with Gasteiger partial charge in [0.2, 0.25) is 5.95 Å². The Morgan fingerprint density at radius 2 is 2.04 bits per heavy atom. The second kappa shape index (κ2) is 5.66. The standard InChI is InChI=1S/C16H16ClN5O3/c1-20-12-13(21(2)16(24)19-14(12)23)18-15(20)22-5-6-25-11-4-3-10(17)7-9(11)8-22/h3-4,7H,5-6,8H2,1-2H3,(H,19,23,24). The molecule has 25 heavy (non-hydrogen) atoms. The molecule has 0 fully saturated rings. The quantitative estimate of drug-likeness (QED) is 0.699. The maximum atomic E-state index is 12.2. The molecule has 130 valence electrons. The molecule has 1 N–H and O–H groups in total. The van der Waals surface area contributed by atoms with E-state index < -0.39 is 11.2 Å². The molecule has 9 heteroatoms. The maximum Gasteiger partial charge on any atom is 0.329 e. The van der Waals surface area contributed by atoms with Crippen LogP contribution in [0.3, 0.4) is 0 Å². The van der Waals surface area contributed by atoms with E-state index in [9.17, 15) is 9.59 Å². The van der Waals surface area contributed by atoms with Crippen molar-refractivity contribution in [1.29, 1.82) is 0 Å². The Labute approximate surface area is 147 Å². The monoisotopic (exact) mass is 361 g/mol. The summed E-state index contributed by atoms with van der Waals surface area (Å²) in [7, 11) is 3.34. The van der Waals surface area contributed by atoms with E-state index in [4.69, 9.17) is 16.3 Å². The van der Waals surface area contributed by atoms with Crippen LogP contribution in [0.15, 0.2) is 27.8 Å². The zero-order valence-corrected chi connectivity index (χ0v) is 14.5. The summed E-state index contributed by atoms with van der Waals surface area (Å²) < 4.78 is 8.81. The molecule has 0 aliphatic carbocycles. The van der Waals surface area contributed by atoms with E-state index in [0.717, 1.165) is 11.3 Å². The fourth-order valence-electron chi connectivity index (χ4n) is 3.11. The number of aromatic nitrogens is 4. The number of halogens is 1. The normalized spacial score (nSPS) is 14.3. The van der Waals surface area contributed by atoms with Crippen molar-refractivity contribution in [2.75, 3.05) is 18.1 Å². The molecule has 0 radical (unpaired) electrons. The first-order chi connectivity index (χ1) is 12.0. The Morgan fingerprint density at radius 3 is 2.84 bits per heavy atom. The van der Waals surface area contributed by atoms with Crippen molar-refractivity contribution in [3.63, 3.8) is 0 Å². The minimum absolute atomic E-state index is 0.350. The number of hydrogen-bond acceptors (Lipinski definition) is 5. The number of aryl methyl sites for hydroxylation is 2. The van der Waals surface area contributed by atoms with Crippen molar-refractivity contribution in [2.45, 2.75) is 6.54 Å². The Kier molecular flexibility index (Phi) is 3.57. The van der Waals surface area contributed by atoms with E-state index in [0.29, 0.717) is 41.8 Å². The number of benzene rings is 1. The summed E-state index contributed by atoms with van der Waals surface area (Å²) in [5.41, 5.74) is 0.712. The van der Waals surface area contributed by atoms with Gasteiger partial charge in [-0.3, -0.25) is 14.3 Å². The van der Waals surface area contributed by atoms with E-state index >= 15 is 0 Å². The van der Waals surface area contributed by atoms with E-state index in [1.54, 1.807) is 24.7 Å². The van der Waals surface area contributed by atoms with Gasteiger partial charge in [0.05, 0.1) is 6.54 Å². The van der Waals surface area contributed by atoms with Crippen LogP contribution in [0, 0.1) is 0 Å². The molecule has 1 aliphatic rings. The highest BCUT2D eigenvalue weighted by Gasteiger charge is 2.22. The van der Waals surface area contributed by atoms with Crippen LogP contribution in [0.4, 0.5) is 5.95 Å². The summed E-state index contributed by atoms with van der Waals surface area (Å²) in [5, 5.41) is 0.632. The van der Waals surface area contributed by atoms with Gasteiger partial charge in [-0.1, -0.05) is 11.6 Å².